The molecule has 2 aromatic carbocycles. The Kier molecular flexibility index (Phi) is 3.44. The van der Waals surface area contributed by atoms with E-state index >= 15 is 0 Å². The van der Waals surface area contributed by atoms with Crippen LogP contribution in [0.25, 0.3) is 22.5 Å². The molecule has 0 N–H and O–H groups in total. The van der Waals surface area contributed by atoms with Crippen LogP contribution in [0.5, 0.6) is 5.95 Å². The van der Waals surface area contributed by atoms with Gasteiger partial charge in [0.15, 0.2) is 0 Å². The van der Waals surface area contributed by atoms with Gasteiger partial charge in [0.05, 0.1) is 24.3 Å². The van der Waals surface area contributed by atoms with Crippen LogP contribution in [0.4, 0.5) is 0 Å². The van der Waals surface area contributed by atoms with Crippen molar-refractivity contribution in [1.29, 1.82) is 5.26 Å². The number of methoxy groups -OCH3 is 1. The highest BCUT2D eigenvalue weighted by Gasteiger charge is 2.14. The van der Waals surface area contributed by atoms with Crippen molar-refractivity contribution in [3.05, 3.63) is 66.2 Å². The second-order valence-electron chi connectivity index (χ2n) is 4.57. The molecule has 3 rings (SSSR count). The lowest BCUT2D eigenvalue weighted by molar-refractivity contribution is 0.310. The van der Waals surface area contributed by atoms with E-state index in [9.17, 15) is 0 Å². The van der Waals surface area contributed by atoms with E-state index in [1.165, 1.54) is 0 Å². The topological polar surface area (TPSA) is 46.2 Å². The van der Waals surface area contributed by atoms with Crippen molar-refractivity contribution in [3.8, 4) is 34.5 Å². The molecule has 0 amide bonds. The molecule has 1 aromatic heterocycles. The normalized spacial score (nSPS) is 10.1. The minimum Gasteiger partial charge on any atom is -0.468 e. The number of nitrogens with zero attached hydrogens (tertiary/aromatic N) is 1. The number of furan rings is 1. The molecule has 3 heteroatoms. The molecule has 0 saturated heterocycles. The van der Waals surface area contributed by atoms with Crippen molar-refractivity contribution in [1.82, 2.24) is 0 Å². The minimum atomic E-state index is 0.487. The molecule has 0 radical (unpaired) electrons. The van der Waals surface area contributed by atoms with Gasteiger partial charge in [-0.3, -0.25) is 0 Å². The molecule has 3 nitrogen and oxygen atoms in total. The third-order valence-corrected chi connectivity index (χ3v) is 3.27. The highest BCUT2D eigenvalue weighted by Crippen LogP contribution is 2.37. The zero-order chi connectivity index (χ0) is 14.7. The largest absolute Gasteiger partial charge is 0.468 e. The van der Waals surface area contributed by atoms with Crippen LogP contribution >= 0.6 is 0 Å². The molecule has 0 spiro atoms. The third kappa shape index (κ3) is 2.52. The molecule has 0 aliphatic heterocycles. The monoisotopic (exact) mass is 275 g/mol. The van der Waals surface area contributed by atoms with E-state index in [1.54, 1.807) is 19.2 Å². The van der Waals surface area contributed by atoms with Crippen LogP contribution in [-0.2, 0) is 0 Å². The van der Waals surface area contributed by atoms with Gasteiger partial charge in [-0.25, -0.2) is 0 Å². The maximum Gasteiger partial charge on any atom is 0.292 e. The average molecular weight is 275 g/mol. The molecular formula is C18H13NO2. The summed E-state index contributed by atoms with van der Waals surface area (Å²) in [6.07, 6.45) is 0. The molecule has 3 aromatic rings. The molecule has 21 heavy (non-hydrogen) atoms. The SMILES string of the molecule is COc1oc(-c2ccc(C#N)cc2)cc1-c1ccccc1. The van der Waals surface area contributed by atoms with E-state index in [-0.39, 0.29) is 0 Å². The highest BCUT2D eigenvalue weighted by molar-refractivity contribution is 5.74. The lowest BCUT2D eigenvalue weighted by atomic mass is 10.1. The lowest BCUT2D eigenvalue weighted by Gasteiger charge is -1.99. The first-order valence-electron chi connectivity index (χ1n) is 6.55. The molecule has 0 bridgehead atoms. The second-order valence-corrected chi connectivity index (χ2v) is 4.57. The minimum absolute atomic E-state index is 0.487. The predicted molar refractivity (Wildman–Crippen MR) is 80.8 cm³/mol. The Balaban J connectivity index is 2.05. The van der Waals surface area contributed by atoms with Gasteiger partial charge in [-0.2, -0.15) is 5.26 Å². The molecular weight excluding hydrogens is 262 g/mol. The van der Waals surface area contributed by atoms with Gasteiger partial charge in [0.2, 0.25) is 0 Å². The van der Waals surface area contributed by atoms with Crippen molar-refractivity contribution >= 4 is 0 Å². The van der Waals surface area contributed by atoms with Crippen molar-refractivity contribution in [2.24, 2.45) is 0 Å². The summed E-state index contributed by atoms with van der Waals surface area (Å²) < 4.78 is 11.1. The Morgan fingerprint density at radius 3 is 2.29 bits per heavy atom. The highest BCUT2D eigenvalue weighted by atomic mass is 16.6. The summed E-state index contributed by atoms with van der Waals surface area (Å²) in [5.74, 6) is 1.20. The Hall–Kier alpha value is -2.99. The number of rotatable bonds is 3. The molecule has 0 aliphatic carbocycles. The fourth-order valence-corrected chi connectivity index (χ4v) is 2.20. The van der Waals surface area contributed by atoms with Crippen molar-refractivity contribution in [2.75, 3.05) is 7.11 Å². The molecule has 0 atom stereocenters. The Morgan fingerprint density at radius 1 is 0.952 bits per heavy atom. The molecule has 102 valence electrons. The second kappa shape index (κ2) is 5.56. The van der Waals surface area contributed by atoms with E-state index in [0.29, 0.717) is 11.5 Å². The first kappa shape index (κ1) is 13.0. The van der Waals surface area contributed by atoms with Crippen LogP contribution < -0.4 is 4.74 Å². The summed E-state index contributed by atoms with van der Waals surface area (Å²) in [6, 6.07) is 21.3. The quantitative estimate of drug-likeness (QED) is 0.707. The van der Waals surface area contributed by atoms with Crippen molar-refractivity contribution in [2.45, 2.75) is 0 Å². The van der Waals surface area contributed by atoms with Gasteiger partial charge in [0, 0.05) is 5.56 Å². The van der Waals surface area contributed by atoms with Crippen LogP contribution in [0.15, 0.2) is 65.1 Å². The summed E-state index contributed by atoms with van der Waals surface area (Å²) in [7, 11) is 1.59. The van der Waals surface area contributed by atoms with Crippen LogP contribution in [0, 0.1) is 11.3 Å². The number of hydrogen-bond donors (Lipinski definition) is 0. The van der Waals surface area contributed by atoms with Gasteiger partial charge in [-0.05, 0) is 35.9 Å². The fraction of sp³-hybridized carbons (Fsp3) is 0.0556. The summed E-state index contributed by atoms with van der Waals surface area (Å²) in [6.45, 7) is 0. The van der Waals surface area contributed by atoms with Crippen molar-refractivity contribution < 1.29 is 9.15 Å². The summed E-state index contributed by atoms with van der Waals surface area (Å²) in [5.41, 5.74) is 3.49. The molecule has 1 heterocycles. The van der Waals surface area contributed by atoms with Crippen LogP contribution in [0.1, 0.15) is 5.56 Å². The molecule has 0 saturated carbocycles. The lowest BCUT2D eigenvalue weighted by Crippen LogP contribution is -1.82. The van der Waals surface area contributed by atoms with Gasteiger partial charge in [-0.15, -0.1) is 0 Å². The number of benzene rings is 2. The number of hydrogen-bond acceptors (Lipinski definition) is 3. The molecule has 0 aliphatic rings. The van der Waals surface area contributed by atoms with E-state index in [4.69, 9.17) is 14.4 Å². The van der Waals surface area contributed by atoms with Gasteiger partial charge in [0.1, 0.15) is 5.76 Å². The molecule has 0 unspecified atom stereocenters. The maximum absolute atomic E-state index is 8.84. The van der Waals surface area contributed by atoms with E-state index in [0.717, 1.165) is 22.5 Å². The third-order valence-electron chi connectivity index (χ3n) is 3.27. The fourth-order valence-electron chi connectivity index (χ4n) is 2.20. The average Bonchev–Trinajstić information content (AvgIpc) is 3.00. The Bertz CT molecular complexity index is 780. The van der Waals surface area contributed by atoms with E-state index < -0.39 is 0 Å². The summed E-state index contributed by atoms with van der Waals surface area (Å²) >= 11 is 0. The standard InChI is InChI=1S/C18H13NO2/c1-20-18-16(14-5-3-2-4-6-14)11-17(21-18)15-9-7-13(12-19)8-10-15/h2-11H,1H3. The van der Waals surface area contributed by atoms with Crippen molar-refractivity contribution in [3.63, 3.8) is 0 Å². The van der Waals surface area contributed by atoms with Gasteiger partial charge in [-0.1, -0.05) is 30.3 Å². The van der Waals surface area contributed by atoms with Crippen LogP contribution in [0.3, 0.4) is 0 Å². The first-order chi connectivity index (χ1) is 10.3. The van der Waals surface area contributed by atoms with Gasteiger partial charge < -0.3 is 9.15 Å². The Labute approximate surface area is 123 Å². The van der Waals surface area contributed by atoms with Gasteiger partial charge >= 0.3 is 0 Å². The van der Waals surface area contributed by atoms with Crippen LogP contribution in [-0.4, -0.2) is 7.11 Å². The number of nitriles is 1. The first-order valence-corrected chi connectivity index (χ1v) is 6.55. The molecule has 0 fully saturated rings. The predicted octanol–water partition coefficient (Wildman–Crippen LogP) is 4.49. The van der Waals surface area contributed by atoms with Crippen LogP contribution in [0.2, 0.25) is 0 Å². The summed E-state index contributed by atoms with van der Waals surface area (Å²) in [5, 5.41) is 8.84. The zero-order valence-corrected chi connectivity index (χ0v) is 11.5. The Morgan fingerprint density at radius 2 is 1.67 bits per heavy atom. The smallest absolute Gasteiger partial charge is 0.292 e. The maximum atomic E-state index is 8.84. The van der Waals surface area contributed by atoms with E-state index in [1.807, 2.05) is 48.5 Å². The van der Waals surface area contributed by atoms with Gasteiger partial charge in [0.25, 0.3) is 5.95 Å². The zero-order valence-electron chi connectivity index (χ0n) is 11.5. The number of ether oxygens (including phenoxy) is 1. The summed E-state index contributed by atoms with van der Waals surface area (Å²) in [4.78, 5) is 0. The van der Waals surface area contributed by atoms with E-state index in [2.05, 4.69) is 6.07 Å².